The smallest absolute Gasteiger partial charge is 0.244 e. The van der Waals surface area contributed by atoms with Gasteiger partial charge in [0.25, 0.3) is 0 Å². The fraction of sp³-hybridized carbons (Fsp3) is 0.538. The second-order valence-corrected chi connectivity index (χ2v) is 8.08. The van der Waals surface area contributed by atoms with Crippen molar-refractivity contribution in [2.45, 2.75) is 10.9 Å². The van der Waals surface area contributed by atoms with Crippen molar-refractivity contribution in [2.24, 2.45) is 0 Å². The Morgan fingerprint density at radius 3 is 2.33 bits per heavy atom. The van der Waals surface area contributed by atoms with E-state index in [9.17, 15) is 8.42 Å². The molecule has 0 spiro atoms. The first-order valence-corrected chi connectivity index (χ1v) is 9.08. The van der Waals surface area contributed by atoms with Gasteiger partial charge in [-0.25, -0.2) is 8.42 Å². The molecule has 0 amide bonds. The lowest BCUT2D eigenvalue weighted by molar-refractivity contribution is 0.103. The molecule has 2 fully saturated rings. The van der Waals surface area contributed by atoms with E-state index >= 15 is 0 Å². The summed E-state index contributed by atoms with van der Waals surface area (Å²) in [5.74, 6) is 0. The number of benzene rings is 1. The van der Waals surface area contributed by atoms with Crippen LogP contribution >= 0.6 is 23.2 Å². The first-order chi connectivity index (χ1) is 9.98. The number of hydrogen-bond acceptors (Lipinski definition) is 4. The normalized spacial score (nSPS) is 22.2. The van der Waals surface area contributed by atoms with E-state index in [0.29, 0.717) is 24.2 Å². The molecule has 21 heavy (non-hydrogen) atoms. The predicted molar refractivity (Wildman–Crippen MR) is 83.5 cm³/mol. The Morgan fingerprint density at radius 2 is 1.76 bits per heavy atom. The van der Waals surface area contributed by atoms with E-state index in [0.717, 1.165) is 26.2 Å². The van der Waals surface area contributed by atoms with Gasteiger partial charge in [0.1, 0.15) is 4.90 Å². The Balaban J connectivity index is 1.75. The maximum Gasteiger partial charge on any atom is 0.244 e. The number of hydrogen-bond donors (Lipinski definition) is 1. The molecule has 1 aromatic carbocycles. The van der Waals surface area contributed by atoms with Crippen LogP contribution in [0.15, 0.2) is 23.1 Å². The van der Waals surface area contributed by atoms with Gasteiger partial charge in [-0.05, 0) is 18.2 Å². The van der Waals surface area contributed by atoms with E-state index in [-0.39, 0.29) is 9.92 Å². The Labute approximate surface area is 134 Å². The molecule has 2 saturated heterocycles. The molecular formula is C13H17Cl2N3O2S. The Hall–Kier alpha value is -0.370. The number of rotatable bonds is 3. The number of halogens is 2. The molecule has 0 bridgehead atoms. The summed E-state index contributed by atoms with van der Waals surface area (Å²) in [6.45, 7) is 4.47. The molecule has 0 saturated carbocycles. The van der Waals surface area contributed by atoms with E-state index in [1.54, 1.807) is 6.07 Å². The molecule has 0 unspecified atom stereocenters. The Bertz CT molecular complexity index is 626. The predicted octanol–water partition coefficient (Wildman–Crippen LogP) is 1.27. The van der Waals surface area contributed by atoms with Crippen LogP contribution in [0.2, 0.25) is 10.0 Å². The molecule has 0 aromatic heterocycles. The zero-order valence-electron chi connectivity index (χ0n) is 11.4. The highest BCUT2D eigenvalue weighted by Gasteiger charge is 2.33. The Morgan fingerprint density at radius 1 is 1.10 bits per heavy atom. The molecule has 8 heteroatoms. The molecule has 2 aliphatic heterocycles. The molecule has 1 N–H and O–H groups in total. The minimum atomic E-state index is -3.58. The van der Waals surface area contributed by atoms with Crippen molar-refractivity contribution in [3.05, 3.63) is 28.2 Å². The highest BCUT2D eigenvalue weighted by Crippen LogP contribution is 2.28. The minimum Gasteiger partial charge on any atom is -0.314 e. The summed E-state index contributed by atoms with van der Waals surface area (Å²) in [7, 11) is -3.58. The van der Waals surface area contributed by atoms with Gasteiger partial charge < -0.3 is 5.32 Å². The van der Waals surface area contributed by atoms with E-state index in [4.69, 9.17) is 23.2 Å². The van der Waals surface area contributed by atoms with Crippen molar-refractivity contribution in [3.8, 4) is 0 Å². The van der Waals surface area contributed by atoms with Gasteiger partial charge in [0.2, 0.25) is 10.0 Å². The third-order valence-corrected chi connectivity index (χ3v) is 6.68. The minimum absolute atomic E-state index is 0.0930. The van der Waals surface area contributed by atoms with Crippen LogP contribution < -0.4 is 5.32 Å². The summed E-state index contributed by atoms with van der Waals surface area (Å²) in [6, 6.07) is 5.07. The van der Waals surface area contributed by atoms with Crippen LogP contribution in [0.25, 0.3) is 0 Å². The maximum absolute atomic E-state index is 12.7. The zero-order chi connectivity index (χ0) is 15.0. The highest BCUT2D eigenvalue weighted by atomic mass is 35.5. The van der Waals surface area contributed by atoms with Crippen LogP contribution in [0.4, 0.5) is 0 Å². The van der Waals surface area contributed by atoms with Crippen molar-refractivity contribution in [1.82, 2.24) is 14.5 Å². The van der Waals surface area contributed by atoms with Gasteiger partial charge in [-0.2, -0.15) is 4.31 Å². The molecule has 116 valence electrons. The topological polar surface area (TPSA) is 52.7 Å². The third kappa shape index (κ3) is 3.06. The van der Waals surface area contributed by atoms with Crippen molar-refractivity contribution < 1.29 is 8.42 Å². The van der Waals surface area contributed by atoms with Crippen LogP contribution in [-0.2, 0) is 10.0 Å². The fourth-order valence-electron chi connectivity index (χ4n) is 2.65. The summed E-state index contributed by atoms with van der Waals surface area (Å²) >= 11 is 11.9. The quantitative estimate of drug-likeness (QED) is 0.892. The standard InChI is InChI=1S/C13H17Cl2N3O2S/c14-10-1-2-12(15)13(7-10)21(19,20)18-5-3-17(4-6-18)11-8-16-9-11/h1-2,7,11,16H,3-6,8-9H2. The first kappa shape index (κ1) is 15.5. The number of nitrogens with one attached hydrogen (secondary N) is 1. The molecular weight excluding hydrogens is 333 g/mol. The lowest BCUT2D eigenvalue weighted by Crippen LogP contribution is -2.62. The van der Waals surface area contributed by atoms with Crippen molar-refractivity contribution >= 4 is 33.2 Å². The molecule has 0 atom stereocenters. The SMILES string of the molecule is O=S(=O)(c1cc(Cl)ccc1Cl)N1CCN(C2CNC2)CC1. The number of nitrogens with zero attached hydrogens (tertiary/aromatic N) is 2. The van der Waals surface area contributed by atoms with Crippen molar-refractivity contribution in [1.29, 1.82) is 0 Å². The Kier molecular flexibility index (Phi) is 4.45. The fourth-order valence-corrected chi connectivity index (χ4v) is 4.81. The largest absolute Gasteiger partial charge is 0.314 e. The van der Waals surface area contributed by atoms with Crippen LogP contribution in [0.5, 0.6) is 0 Å². The summed E-state index contributed by atoms with van der Waals surface area (Å²) in [5, 5.41) is 3.82. The van der Waals surface area contributed by atoms with Gasteiger partial charge in [-0.3, -0.25) is 4.90 Å². The molecule has 0 aliphatic carbocycles. The number of piperazine rings is 1. The van der Waals surface area contributed by atoms with Crippen LogP contribution in [0.3, 0.4) is 0 Å². The van der Waals surface area contributed by atoms with Crippen molar-refractivity contribution in [2.75, 3.05) is 39.3 Å². The molecule has 2 aliphatic rings. The average Bonchev–Trinajstić information content (AvgIpc) is 2.40. The van der Waals surface area contributed by atoms with E-state index in [1.165, 1.54) is 16.4 Å². The van der Waals surface area contributed by atoms with Crippen molar-refractivity contribution in [3.63, 3.8) is 0 Å². The van der Waals surface area contributed by atoms with E-state index < -0.39 is 10.0 Å². The summed E-state index contributed by atoms with van der Waals surface area (Å²) in [5.41, 5.74) is 0. The van der Waals surface area contributed by atoms with Gasteiger partial charge >= 0.3 is 0 Å². The maximum atomic E-state index is 12.7. The summed E-state index contributed by atoms with van der Waals surface area (Å²) in [4.78, 5) is 2.43. The summed E-state index contributed by atoms with van der Waals surface area (Å²) in [6.07, 6.45) is 0. The van der Waals surface area contributed by atoms with Crippen LogP contribution in [0.1, 0.15) is 0 Å². The van der Waals surface area contributed by atoms with Gasteiger partial charge in [-0.1, -0.05) is 23.2 Å². The average molecular weight is 350 g/mol. The molecule has 5 nitrogen and oxygen atoms in total. The first-order valence-electron chi connectivity index (χ1n) is 6.88. The lowest BCUT2D eigenvalue weighted by Gasteiger charge is -2.42. The molecule has 0 radical (unpaired) electrons. The van der Waals surface area contributed by atoms with Crippen LogP contribution in [0, 0.1) is 0 Å². The molecule has 1 aromatic rings. The van der Waals surface area contributed by atoms with Crippen LogP contribution in [-0.4, -0.2) is 62.9 Å². The van der Waals surface area contributed by atoms with Gasteiger partial charge in [-0.15, -0.1) is 0 Å². The zero-order valence-corrected chi connectivity index (χ0v) is 13.8. The van der Waals surface area contributed by atoms with Gasteiger partial charge in [0.05, 0.1) is 5.02 Å². The monoisotopic (exact) mass is 349 g/mol. The highest BCUT2D eigenvalue weighted by molar-refractivity contribution is 7.89. The second-order valence-electron chi connectivity index (χ2n) is 5.33. The molecule has 2 heterocycles. The number of sulfonamides is 1. The lowest BCUT2D eigenvalue weighted by atomic mass is 10.1. The summed E-state index contributed by atoms with van der Waals surface area (Å²) < 4.78 is 26.8. The van der Waals surface area contributed by atoms with Gasteiger partial charge in [0.15, 0.2) is 0 Å². The van der Waals surface area contributed by atoms with Gasteiger partial charge in [0, 0.05) is 50.3 Å². The van der Waals surface area contributed by atoms with E-state index in [1.807, 2.05) is 0 Å². The third-order valence-electron chi connectivity index (χ3n) is 4.06. The molecule has 3 rings (SSSR count). The van der Waals surface area contributed by atoms with E-state index in [2.05, 4.69) is 10.2 Å². The second kappa shape index (κ2) is 6.02.